The van der Waals surface area contributed by atoms with Gasteiger partial charge in [-0.15, -0.1) is 0 Å². The summed E-state index contributed by atoms with van der Waals surface area (Å²) in [4.78, 5) is 0. The maximum absolute atomic E-state index is 5.96. The van der Waals surface area contributed by atoms with E-state index in [-0.39, 0.29) is 0 Å². The molecule has 2 heteroatoms. The van der Waals surface area contributed by atoms with E-state index in [4.69, 9.17) is 10.2 Å². The summed E-state index contributed by atoms with van der Waals surface area (Å²) in [7, 11) is 0. The molecular weight excluding hydrogens is 234 g/mol. The van der Waals surface area contributed by atoms with Crippen molar-refractivity contribution < 1.29 is 4.42 Å². The van der Waals surface area contributed by atoms with Crippen molar-refractivity contribution in [3.8, 4) is 11.1 Å². The highest BCUT2D eigenvalue weighted by molar-refractivity contribution is 5.97. The van der Waals surface area contributed by atoms with Crippen LogP contribution in [0.1, 0.15) is 18.2 Å². The summed E-state index contributed by atoms with van der Waals surface area (Å²) in [6.07, 6.45) is 0.873. The predicted molar refractivity (Wildman–Crippen MR) is 80.2 cm³/mol. The van der Waals surface area contributed by atoms with Gasteiger partial charge in [-0.05, 0) is 36.2 Å². The third kappa shape index (κ3) is 1.89. The van der Waals surface area contributed by atoms with E-state index < -0.39 is 0 Å². The smallest absolute Gasteiger partial charge is 0.134 e. The Morgan fingerprint density at radius 2 is 1.89 bits per heavy atom. The van der Waals surface area contributed by atoms with Crippen molar-refractivity contribution >= 4 is 16.7 Å². The minimum absolute atomic E-state index is 0.785. The second-order valence-electron chi connectivity index (χ2n) is 4.82. The quantitative estimate of drug-likeness (QED) is 0.678. The molecule has 1 aromatic heterocycles. The molecule has 3 rings (SSSR count). The Hall–Kier alpha value is -2.22. The number of hydrogen-bond acceptors (Lipinski definition) is 2. The lowest BCUT2D eigenvalue weighted by atomic mass is 9.96. The molecule has 0 saturated carbocycles. The topological polar surface area (TPSA) is 39.2 Å². The van der Waals surface area contributed by atoms with Gasteiger partial charge in [-0.1, -0.05) is 31.2 Å². The summed E-state index contributed by atoms with van der Waals surface area (Å²) < 4.78 is 5.96. The van der Waals surface area contributed by atoms with Crippen LogP contribution in [0.25, 0.3) is 22.1 Å². The molecule has 0 radical (unpaired) electrons. The van der Waals surface area contributed by atoms with E-state index in [0.29, 0.717) is 0 Å². The molecule has 2 aromatic carbocycles. The standard InChI is InChI=1S/C17H17NO/c1-3-15-17(13-6-4-5-7-16(13)19-15)14-10-12(18)9-8-11(14)2/h4-10H,3,18H2,1-2H3. The number of hydrogen-bond donors (Lipinski definition) is 1. The maximum Gasteiger partial charge on any atom is 0.134 e. The number of rotatable bonds is 2. The minimum Gasteiger partial charge on any atom is -0.460 e. The van der Waals surface area contributed by atoms with E-state index in [2.05, 4.69) is 26.0 Å². The van der Waals surface area contributed by atoms with Gasteiger partial charge in [0.05, 0.1) is 0 Å². The molecule has 0 saturated heterocycles. The van der Waals surface area contributed by atoms with Crippen molar-refractivity contribution in [1.82, 2.24) is 0 Å². The summed E-state index contributed by atoms with van der Waals surface area (Å²) in [5, 5.41) is 1.16. The van der Waals surface area contributed by atoms with Gasteiger partial charge in [-0.3, -0.25) is 0 Å². The van der Waals surface area contributed by atoms with Crippen LogP contribution in [0.4, 0.5) is 5.69 Å². The van der Waals surface area contributed by atoms with E-state index in [9.17, 15) is 0 Å². The first kappa shape index (κ1) is 11.8. The summed E-state index contributed by atoms with van der Waals surface area (Å²) in [6.45, 7) is 4.22. The first-order valence-electron chi connectivity index (χ1n) is 6.57. The molecule has 19 heavy (non-hydrogen) atoms. The fraction of sp³-hybridized carbons (Fsp3) is 0.176. The van der Waals surface area contributed by atoms with E-state index in [1.54, 1.807) is 0 Å². The van der Waals surface area contributed by atoms with Crippen molar-refractivity contribution in [2.24, 2.45) is 0 Å². The van der Waals surface area contributed by atoms with Gasteiger partial charge in [0, 0.05) is 23.1 Å². The third-order valence-corrected chi connectivity index (χ3v) is 3.52. The largest absolute Gasteiger partial charge is 0.460 e. The molecule has 0 aliphatic carbocycles. The molecule has 2 nitrogen and oxygen atoms in total. The van der Waals surface area contributed by atoms with Crippen molar-refractivity contribution in [3.63, 3.8) is 0 Å². The van der Waals surface area contributed by atoms with Gasteiger partial charge in [-0.2, -0.15) is 0 Å². The Kier molecular flexibility index (Phi) is 2.79. The Morgan fingerprint density at radius 1 is 1.11 bits per heavy atom. The molecule has 96 valence electrons. The Labute approximate surface area is 112 Å². The monoisotopic (exact) mass is 251 g/mol. The zero-order valence-corrected chi connectivity index (χ0v) is 11.2. The van der Waals surface area contributed by atoms with E-state index >= 15 is 0 Å². The normalized spacial score (nSPS) is 11.1. The zero-order valence-electron chi connectivity index (χ0n) is 11.2. The zero-order chi connectivity index (χ0) is 13.4. The maximum atomic E-state index is 5.96. The van der Waals surface area contributed by atoms with Crippen molar-refractivity contribution in [2.75, 3.05) is 5.73 Å². The number of para-hydroxylation sites is 1. The second-order valence-corrected chi connectivity index (χ2v) is 4.82. The highest BCUT2D eigenvalue weighted by Crippen LogP contribution is 2.37. The summed E-state index contributed by atoms with van der Waals surface area (Å²) in [5.74, 6) is 1.02. The average Bonchev–Trinajstić information content (AvgIpc) is 2.80. The second kappa shape index (κ2) is 4.47. The van der Waals surface area contributed by atoms with Crippen LogP contribution in [0.2, 0.25) is 0 Å². The summed E-state index contributed by atoms with van der Waals surface area (Å²) >= 11 is 0. The van der Waals surface area contributed by atoms with Crippen LogP contribution in [0.5, 0.6) is 0 Å². The molecule has 0 unspecified atom stereocenters. The number of aryl methyl sites for hydroxylation is 2. The summed E-state index contributed by atoms with van der Waals surface area (Å²) in [5.41, 5.74) is 11.2. The van der Waals surface area contributed by atoms with Crippen molar-refractivity contribution in [3.05, 3.63) is 53.8 Å². The van der Waals surface area contributed by atoms with Gasteiger partial charge in [-0.25, -0.2) is 0 Å². The van der Waals surface area contributed by atoms with E-state index in [0.717, 1.165) is 28.8 Å². The van der Waals surface area contributed by atoms with Gasteiger partial charge < -0.3 is 10.2 Å². The van der Waals surface area contributed by atoms with Crippen LogP contribution in [-0.2, 0) is 6.42 Å². The Balaban J connectivity index is 2.37. The van der Waals surface area contributed by atoms with Crippen LogP contribution in [0.15, 0.2) is 46.9 Å². The molecule has 2 N–H and O–H groups in total. The first-order valence-corrected chi connectivity index (χ1v) is 6.57. The molecule has 0 aliphatic heterocycles. The van der Waals surface area contributed by atoms with Gasteiger partial charge in [0.1, 0.15) is 11.3 Å². The van der Waals surface area contributed by atoms with Crippen LogP contribution < -0.4 is 5.73 Å². The minimum atomic E-state index is 0.785. The molecule has 0 spiro atoms. The Bertz CT molecular complexity index is 740. The molecule has 0 amide bonds. The molecule has 0 atom stereocenters. The molecular formula is C17H17NO. The van der Waals surface area contributed by atoms with Gasteiger partial charge in [0.25, 0.3) is 0 Å². The first-order chi connectivity index (χ1) is 9.20. The van der Waals surface area contributed by atoms with Gasteiger partial charge in [0.2, 0.25) is 0 Å². The van der Waals surface area contributed by atoms with Crippen molar-refractivity contribution in [2.45, 2.75) is 20.3 Å². The summed E-state index contributed by atoms with van der Waals surface area (Å²) in [6, 6.07) is 14.2. The number of nitrogens with two attached hydrogens (primary N) is 1. The average molecular weight is 251 g/mol. The van der Waals surface area contributed by atoms with Crippen LogP contribution in [0, 0.1) is 6.92 Å². The van der Waals surface area contributed by atoms with Crippen LogP contribution in [-0.4, -0.2) is 0 Å². The van der Waals surface area contributed by atoms with Crippen molar-refractivity contribution in [1.29, 1.82) is 0 Å². The van der Waals surface area contributed by atoms with Gasteiger partial charge in [0.15, 0.2) is 0 Å². The highest BCUT2D eigenvalue weighted by atomic mass is 16.3. The third-order valence-electron chi connectivity index (χ3n) is 3.52. The predicted octanol–water partition coefficient (Wildman–Crippen LogP) is 4.55. The van der Waals surface area contributed by atoms with Crippen LogP contribution >= 0.6 is 0 Å². The number of fused-ring (bicyclic) bond motifs is 1. The molecule has 0 bridgehead atoms. The molecule has 0 aliphatic rings. The molecule has 1 heterocycles. The lowest BCUT2D eigenvalue weighted by Gasteiger charge is -2.07. The fourth-order valence-electron chi connectivity index (χ4n) is 2.55. The van der Waals surface area contributed by atoms with E-state index in [1.807, 2.05) is 30.3 Å². The SMILES string of the molecule is CCc1oc2ccccc2c1-c1cc(N)ccc1C. The van der Waals surface area contributed by atoms with Gasteiger partial charge >= 0.3 is 0 Å². The number of benzene rings is 2. The lowest BCUT2D eigenvalue weighted by molar-refractivity contribution is 0.558. The lowest BCUT2D eigenvalue weighted by Crippen LogP contribution is -1.90. The van der Waals surface area contributed by atoms with E-state index in [1.165, 1.54) is 16.7 Å². The highest BCUT2D eigenvalue weighted by Gasteiger charge is 2.16. The fourth-order valence-corrected chi connectivity index (χ4v) is 2.55. The van der Waals surface area contributed by atoms with Crippen LogP contribution in [0.3, 0.4) is 0 Å². The Morgan fingerprint density at radius 3 is 2.68 bits per heavy atom. The molecule has 0 fully saturated rings. The number of furan rings is 1. The number of anilines is 1. The number of nitrogen functional groups attached to an aromatic ring is 1. The molecule has 3 aromatic rings.